The first-order valence-electron chi connectivity index (χ1n) is 6.02. The van der Waals surface area contributed by atoms with E-state index < -0.39 is 11.9 Å². The predicted octanol–water partition coefficient (Wildman–Crippen LogP) is 2.63. The summed E-state index contributed by atoms with van der Waals surface area (Å²) in [7, 11) is 0. The van der Waals surface area contributed by atoms with Crippen molar-refractivity contribution >= 4 is 33.6 Å². The van der Waals surface area contributed by atoms with Crippen molar-refractivity contribution in [1.82, 2.24) is 4.90 Å². The van der Waals surface area contributed by atoms with Gasteiger partial charge in [0.25, 0.3) is 0 Å². The van der Waals surface area contributed by atoms with Crippen LogP contribution in [0.25, 0.3) is 0 Å². The molecule has 1 fully saturated rings. The zero-order valence-corrected chi connectivity index (χ0v) is 12.1. The number of halogens is 1. The predicted molar refractivity (Wildman–Crippen MR) is 75.0 cm³/mol. The lowest BCUT2D eigenvalue weighted by Crippen LogP contribution is -2.54. The summed E-state index contributed by atoms with van der Waals surface area (Å²) in [6, 6.07) is 7.17. The van der Waals surface area contributed by atoms with E-state index in [2.05, 4.69) is 21.2 Å². The first-order chi connectivity index (χ1) is 8.99. The maximum Gasteiger partial charge on any atom is 0.321 e. The van der Waals surface area contributed by atoms with Crippen LogP contribution in [0.1, 0.15) is 6.92 Å². The van der Waals surface area contributed by atoms with E-state index >= 15 is 0 Å². The van der Waals surface area contributed by atoms with Crippen LogP contribution in [0.4, 0.5) is 10.5 Å². The lowest BCUT2D eigenvalue weighted by atomic mass is 9.87. The number of carbonyl (C=O) groups excluding carboxylic acids is 1. The van der Waals surface area contributed by atoms with Gasteiger partial charge in [0, 0.05) is 23.5 Å². The molecule has 5 nitrogen and oxygen atoms in total. The molecule has 1 aromatic carbocycles. The zero-order valence-electron chi connectivity index (χ0n) is 10.5. The third-order valence-electron chi connectivity index (χ3n) is 3.41. The fourth-order valence-electron chi connectivity index (χ4n) is 1.95. The third-order valence-corrected chi connectivity index (χ3v) is 4.10. The zero-order chi connectivity index (χ0) is 14.0. The average molecular weight is 327 g/mol. The van der Waals surface area contributed by atoms with Gasteiger partial charge in [0.2, 0.25) is 0 Å². The Labute approximate surface area is 119 Å². The molecule has 102 valence electrons. The molecule has 0 aromatic heterocycles. The first-order valence-corrected chi connectivity index (χ1v) is 6.81. The van der Waals surface area contributed by atoms with Crippen molar-refractivity contribution in [1.29, 1.82) is 0 Å². The highest BCUT2D eigenvalue weighted by atomic mass is 79.9. The summed E-state index contributed by atoms with van der Waals surface area (Å²) < 4.78 is 0.819. The van der Waals surface area contributed by atoms with Crippen LogP contribution >= 0.6 is 15.9 Å². The largest absolute Gasteiger partial charge is 0.481 e. The Kier molecular flexibility index (Phi) is 4.09. The number of para-hydroxylation sites is 1. The molecule has 1 aliphatic rings. The molecule has 1 aromatic rings. The Morgan fingerprint density at radius 1 is 1.42 bits per heavy atom. The molecule has 1 unspecified atom stereocenters. The Hall–Kier alpha value is -1.56. The summed E-state index contributed by atoms with van der Waals surface area (Å²) in [5.41, 5.74) is 0.710. The van der Waals surface area contributed by atoms with E-state index in [1.54, 1.807) is 17.9 Å². The number of nitrogens with one attached hydrogen (secondary N) is 1. The number of aliphatic carboxylic acids is 1. The topological polar surface area (TPSA) is 69.6 Å². The first kappa shape index (κ1) is 13.9. The number of anilines is 1. The number of rotatable bonds is 3. The van der Waals surface area contributed by atoms with Gasteiger partial charge in [0.05, 0.1) is 11.6 Å². The van der Waals surface area contributed by atoms with Crippen LogP contribution in [0.2, 0.25) is 0 Å². The van der Waals surface area contributed by atoms with Gasteiger partial charge in [-0.25, -0.2) is 4.79 Å². The summed E-state index contributed by atoms with van der Waals surface area (Å²) in [5.74, 6) is -1.18. The lowest BCUT2D eigenvalue weighted by Gasteiger charge is -2.41. The molecule has 0 aliphatic carbocycles. The van der Waals surface area contributed by atoms with Gasteiger partial charge in [-0.15, -0.1) is 0 Å². The SMILES string of the molecule is CC(C(=O)O)C1CN(C(=O)Nc2ccccc2Br)C1. The number of benzene rings is 1. The Bertz CT molecular complexity index is 500. The van der Waals surface area contributed by atoms with Crippen LogP contribution in [0.5, 0.6) is 0 Å². The summed E-state index contributed by atoms with van der Waals surface area (Å²) in [5, 5.41) is 11.7. The number of carboxylic acid groups (broad SMARTS) is 1. The molecule has 0 spiro atoms. The minimum Gasteiger partial charge on any atom is -0.481 e. The van der Waals surface area contributed by atoms with Crippen molar-refractivity contribution in [2.24, 2.45) is 11.8 Å². The minimum atomic E-state index is -0.809. The van der Waals surface area contributed by atoms with E-state index in [9.17, 15) is 9.59 Å². The second kappa shape index (κ2) is 5.61. The van der Waals surface area contributed by atoms with E-state index in [1.165, 1.54) is 0 Å². The molecule has 1 atom stereocenters. The number of carbonyl (C=O) groups is 2. The van der Waals surface area contributed by atoms with Crippen LogP contribution in [0.3, 0.4) is 0 Å². The third kappa shape index (κ3) is 3.07. The summed E-state index contributed by atoms with van der Waals surface area (Å²) >= 11 is 3.36. The molecule has 0 bridgehead atoms. The highest BCUT2D eigenvalue weighted by Gasteiger charge is 2.37. The van der Waals surface area contributed by atoms with Crippen molar-refractivity contribution < 1.29 is 14.7 Å². The van der Waals surface area contributed by atoms with Crippen LogP contribution < -0.4 is 5.32 Å². The van der Waals surface area contributed by atoms with Crippen molar-refractivity contribution in [3.8, 4) is 0 Å². The number of hydrogen-bond acceptors (Lipinski definition) is 2. The highest BCUT2D eigenvalue weighted by molar-refractivity contribution is 9.10. The molecular formula is C13H15BrN2O3. The molecule has 2 N–H and O–H groups in total. The summed E-state index contributed by atoms with van der Waals surface area (Å²) in [6.45, 7) is 2.66. The lowest BCUT2D eigenvalue weighted by molar-refractivity contribution is -0.144. The van der Waals surface area contributed by atoms with Gasteiger partial charge in [-0.2, -0.15) is 0 Å². The Morgan fingerprint density at radius 3 is 2.63 bits per heavy atom. The molecule has 0 saturated carbocycles. The van der Waals surface area contributed by atoms with Crippen LogP contribution in [-0.4, -0.2) is 35.1 Å². The summed E-state index contributed by atoms with van der Waals surface area (Å²) in [4.78, 5) is 24.4. The van der Waals surface area contributed by atoms with Gasteiger partial charge in [-0.05, 0) is 28.1 Å². The van der Waals surface area contributed by atoms with E-state index in [-0.39, 0.29) is 11.9 Å². The van der Waals surface area contributed by atoms with Crippen molar-refractivity contribution in [2.45, 2.75) is 6.92 Å². The van der Waals surface area contributed by atoms with Gasteiger partial charge in [-0.3, -0.25) is 4.79 Å². The van der Waals surface area contributed by atoms with Crippen LogP contribution in [0, 0.1) is 11.8 Å². The highest BCUT2D eigenvalue weighted by Crippen LogP contribution is 2.26. The maximum absolute atomic E-state index is 11.9. The van der Waals surface area contributed by atoms with E-state index in [0.29, 0.717) is 18.8 Å². The number of urea groups is 1. The standard InChI is InChI=1S/C13H15BrN2O3/c1-8(12(17)18)9-6-16(7-9)13(19)15-11-5-3-2-4-10(11)14/h2-5,8-9H,6-7H2,1H3,(H,15,19)(H,17,18). The van der Waals surface area contributed by atoms with Crippen molar-refractivity contribution in [3.63, 3.8) is 0 Å². The Morgan fingerprint density at radius 2 is 2.05 bits per heavy atom. The molecule has 6 heteroatoms. The fourth-order valence-corrected chi connectivity index (χ4v) is 2.34. The smallest absolute Gasteiger partial charge is 0.321 e. The normalized spacial score (nSPS) is 16.6. The number of likely N-dealkylation sites (tertiary alicyclic amines) is 1. The minimum absolute atomic E-state index is 0.0439. The van der Waals surface area contributed by atoms with Crippen molar-refractivity contribution in [2.75, 3.05) is 18.4 Å². The van der Waals surface area contributed by atoms with E-state index in [0.717, 1.165) is 4.47 Å². The molecular weight excluding hydrogens is 312 g/mol. The molecule has 0 radical (unpaired) electrons. The van der Waals surface area contributed by atoms with Gasteiger partial charge in [0.1, 0.15) is 0 Å². The molecule has 1 aliphatic heterocycles. The maximum atomic E-state index is 11.9. The fraction of sp³-hybridized carbons (Fsp3) is 0.385. The van der Waals surface area contributed by atoms with Gasteiger partial charge in [0.15, 0.2) is 0 Å². The van der Waals surface area contributed by atoms with E-state index in [1.807, 2.05) is 18.2 Å². The second-order valence-corrected chi connectivity index (χ2v) is 5.56. The number of nitrogens with zero attached hydrogens (tertiary/aromatic N) is 1. The number of hydrogen-bond donors (Lipinski definition) is 2. The van der Waals surface area contributed by atoms with Crippen LogP contribution in [0.15, 0.2) is 28.7 Å². The number of amides is 2. The molecule has 1 saturated heterocycles. The molecule has 19 heavy (non-hydrogen) atoms. The van der Waals surface area contributed by atoms with Gasteiger partial charge >= 0.3 is 12.0 Å². The van der Waals surface area contributed by atoms with E-state index in [4.69, 9.17) is 5.11 Å². The molecule has 2 amide bonds. The van der Waals surface area contributed by atoms with Crippen LogP contribution in [-0.2, 0) is 4.79 Å². The second-order valence-electron chi connectivity index (χ2n) is 4.70. The summed E-state index contributed by atoms with van der Waals surface area (Å²) in [6.07, 6.45) is 0. The van der Waals surface area contributed by atoms with Crippen molar-refractivity contribution in [3.05, 3.63) is 28.7 Å². The average Bonchev–Trinajstić information content (AvgIpc) is 2.30. The molecule has 2 rings (SSSR count). The monoisotopic (exact) mass is 326 g/mol. The molecule has 1 heterocycles. The number of carboxylic acids is 1. The Balaban J connectivity index is 1.87. The van der Waals surface area contributed by atoms with Gasteiger partial charge in [-0.1, -0.05) is 19.1 Å². The quantitative estimate of drug-likeness (QED) is 0.897. The van der Waals surface area contributed by atoms with Gasteiger partial charge < -0.3 is 15.3 Å².